The van der Waals surface area contributed by atoms with Crippen LogP contribution in [0.5, 0.6) is 0 Å². The Hall–Kier alpha value is -3.26. The molecule has 1 aliphatic rings. The zero-order chi connectivity index (χ0) is 20.8. The lowest BCUT2D eigenvalue weighted by atomic mass is 9.97. The van der Waals surface area contributed by atoms with E-state index in [0.29, 0.717) is 30.0 Å². The van der Waals surface area contributed by atoms with Crippen molar-refractivity contribution in [1.82, 2.24) is 4.90 Å². The number of likely N-dealkylation sites (tertiary alicyclic amines) is 1. The van der Waals surface area contributed by atoms with Crippen LogP contribution in [0.4, 0.5) is 15.8 Å². The van der Waals surface area contributed by atoms with Crippen molar-refractivity contribution in [2.75, 3.05) is 30.3 Å². The van der Waals surface area contributed by atoms with Gasteiger partial charge in [0.25, 0.3) is 5.91 Å². The molecule has 0 unspecified atom stereocenters. The Balaban J connectivity index is 1.63. The molecule has 0 bridgehead atoms. The van der Waals surface area contributed by atoms with Crippen LogP contribution in [0.15, 0.2) is 48.5 Å². The number of carbonyl (C=O) groups excluding carboxylic acids is 3. The first-order chi connectivity index (χ1) is 13.9. The maximum atomic E-state index is 13.0. The highest BCUT2D eigenvalue weighted by atomic mass is 19.1. The molecule has 4 N–H and O–H groups in total. The van der Waals surface area contributed by atoms with Gasteiger partial charge in [-0.2, -0.15) is 0 Å². The molecule has 1 aliphatic heterocycles. The zero-order valence-electron chi connectivity index (χ0n) is 15.9. The van der Waals surface area contributed by atoms with Crippen molar-refractivity contribution >= 4 is 29.1 Å². The van der Waals surface area contributed by atoms with E-state index in [4.69, 9.17) is 5.73 Å². The van der Waals surface area contributed by atoms with E-state index >= 15 is 0 Å². The minimum absolute atomic E-state index is 0.109. The topological polar surface area (TPSA) is 105 Å². The summed E-state index contributed by atoms with van der Waals surface area (Å²) in [5, 5.41) is 5.44. The molecule has 3 amide bonds. The molecule has 1 atom stereocenters. The van der Waals surface area contributed by atoms with Gasteiger partial charge in [-0.1, -0.05) is 12.1 Å². The number of primary amides is 1. The number of nitrogens with two attached hydrogens (primary N) is 1. The van der Waals surface area contributed by atoms with Crippen molar-refractivity contribution in [1.29, 1.82) is 0 Å². The molecule has 1 heterocycles. The summed E-state index contributed by atoms with van der Waals surface area (Å²) in [7, 11) is 0. The number of hydrogen-bond donors (Lipinski definition) is 3. The third kappa shape index (κ3) is 5.61. The van der Waals surface area contributed by atoms with Crippen molar-refractivity contribution < 1.29 is 18.8 Å². The minimum Gasteiger partial charge on any atom is -0.369 e. The average Bonchev–Trinajstić information content (AvgIpc) is 2.70. The number of para-hydroxylation sites is 1. The summed E-state index contributed by atoms with van der Waals surface area (Å²) in [4.78, 5) is 38.4. The van der Waals surface area contributed by atoms with Crippen LogP contribution >= 0.6 is 0 Å². The van der Waals surface area contributed by atoms with Crippen molar-refractivity contribution in [3.05, 3.63) is 59.9 Å². The summed E-state index contributed by atoms with van der Waals surface area (Å²) in [5.41, 5.74) is 6.49. The van der Waals surface area contributed by atoms with E-state index in [0.717, 1.165) is 12.8 Å². The SMILES string of the molecule is NC(=O)[C@H]1CCCN(CC(=O)Nc2ccccc2C(=O)Nc2ccc(F)cc2)C1. The first-order valence-corrected chi connectivity index (χ1v) is 9.40. The van der Waals surface area contributed by atoms with E-state index in [2.05, 4.69) is 10.6 Å². The largest absolute Gasteiger partial charge is 0.369 e. The van der Waals surface area contributed by atoms with Crippen LogP contribution in [0.1, 0.15) is 23.2 Å². The second-order valence-electron chi connectivity index (χ2n) is 7.03. The summed E-state index contributed by atoms with van der Waals surface area (Å²) in [6.07, 6.45) is 1.54. The highest BCUT2D eigenvalue weighted by molar-refractivity contribution is 6.10. The molecule has 0 aliphatic carbocycles. The molecule has 0 aromatic heterocycles. The molecule has 29 heavy (non-hydrogen) atoms. The Labute approximate surface area is 168 Å². The average molecular weight is 398 g/mol. The van der Waals surface area contributed by atoms with Crippen molar-refractivity contribution in [3.63, 3.8) is 0 Å². The van der Waals surface area contributed by atoms with E-state index in [1.807, 2.05) is 4.90 Å². The number of anilines is 2. The highest BCUT2D eigenvalue weighted by Gasteiger charge is 2.25. The molecule has 2 aromatic carbocycles. The minimum atomic E-state index is -0.417. The fourth-order valence-electron chi connectivity index (χ4n) is 3.35. The Bertz CT molecular complexity index is 901. The van der Waals surface area contributed by atoms with Gasteiger partial charge in [0.05, 0.1) is 23.7 Å². The van der Waals surface area contributed by atoms with Gasteiger partial charge < -0.3 is 16.4 Å². The first kappa shape index (κ1) is 20.5. The molecule has 7 nitrogen and oxygen atoms in total. The maximum Gasteiger partial charge on any atom is 0.257 e. The Morgan fingerprint density at radius 2 is 1.79 bits per heavy atom. The van der Waals surface area contributed by atoms with Crippen LogP contribution in [-0.2, 0) is 9.59 Å². The summed E-state index contributed by atoms with van der Waals surface area (Å²) >= 11 is 0. The predicted octanol–water partition coefficient (Wildman–Crippen LogP) is 2.21. The van der Waals surface area contributed by atoms with Crippen LogP contribution in [0.2, 0.25) is 0 Å². The van der Waals surface area contributed by atoms with E-state index in [-0.39, 0.29) is 24.3 Å². The molecule has 2 aromatic rings. The normalized spacial score (nSPS) is 16.8. The summed E-state index contributed by atoms with van der Waals surface area (Å²) in [5.74, 6) is -1.69. The Morgan fingerprint density at radius 3 is 2.52 bits per heavy atom. The lowest BCUT2D eigenvalue weighted by Gasteiger charge is -2.30. The standard InChI is InChI=1S/C21H23FN4O3/c22-15-7-9-16(10-8-15)24-21(29)17-5-1-2-6-18(17)25-19(27)13-26-11-3-4-14(12-26)20(23)28/h1-2,5-10,14H,3-4,11-13H2,(H2,23,28)(H,24,29)(H,25,27)/t14-/m0/s1. The van der Waals surface area contributed by atoms with E-state index in [1.165, 1.54) is 24.3 Å². The van der Waals surface area contributed by atoms with Gasteiger partial charge in [0.15, 0.2) is 0 Å². The second kappa shape index (κ2) is 9.29. The first-order valence-electron chi connectivity index (χ1n) is 9.40. The van der Waals surface area contributed by atoms with Gasteiger partial charge in [-0.15, -0.1) is 0 Å². The number of carbonyl (C=O) groups is 3. The van der Waals surface area contributed by atoms with Gasteiger partial charge in [-0.25, -0.2) is 4.39 Å². The molecular formula is C21H23FN4O3. The van der Waals surface area contributed by atoms with Crippen LogP contribution in [0.25, 0.3) is 0 Å². The monoisotopic (exact) mass is 398 g/mol. The van der Waals surface area contributed by atoms with Gasteiger partial charge in [0.2, 0.25) is 11.8 Å². The molecule has 0 radical (unpaired) electrons. The number of rotatable bonds is 6. The van der Waals surface area contributed by atoms with E-state index < -0.39 is 11.7 Å². The molecule has 152 valence electrons. The van der Waals surface area contributed by atoms with Gasteiger partial charge in [0, 0.05) is 12.2 Å². The second-order valence-corrected chi connectivity index (χ2v) is 7.03. The van der Waals surface area contributed by atoms with Gasteiger partial charge >= 0.3 is 0 Å². The number of nitrogens with zero attached hydrogens (tertiary/aromatic N) is 1. The smallest absolute Gasteiger partial charge is 0.257 e. The fourth-order valence-corrected chi connectivity index (χ4v) is 3.35. The van der Waals surface area contributed by atoms with Crippen LogP contribution in [0.3, 0.4) is 0 Å². The van der Waals surface area contributed by atoms with Crippen LogP contribution in [-0.4, -0.2) is 42.3 Å². The third-order valence-electron chi connectivity index (χ3n) is 4.82. The molecule has 0 saturated carbocycles. The summed E-state index contributed by atoms with van der Waals surface area (Å²) < 4.78 is 13.0. The molecule has 3 rings (SSSR count). The highest BCUT2D eigenvalue weighted by Crippen LogP contribution is 2.19. The quantitative estimate of drug-likeness (QED) is 0.694. The molecule has 1 saturated heterocycles. The van der Waals surface area contributed by atoms with Gasteiger partial charge in [-0.3, -0.25) is 19.3 Å². The predicted molar refractivity (Wildman–Crippen MR) is 108 cm³/mol. The number of nitrogens with one attached hydrogen (secondary N) is 2. The van der Waals surface area contributed by atoms with E-state index in [9.17, 15) is 18.8 Å². The molecule has 1 fully saturated rings. The Kier molecular flexibility index (Phi) is 6.56. The number of piperidine rings is 1. The number of amides is 3. The molecular weight excluding hydrogens is 375 g/mol. The van der Waals surface area contributed by atoms with Crippen LogP contribution in [0, 0.1) is 11.7 Å². The molecule has 8 heteroatoms. The van der Waals surface area contributed by atoms with Crippen molar-refractivity contribution in [2.45, 2.75) is 12.8 Å². The molecule has 0 spiro atoms. The van der Waals surface area contributed by atoms with Crippen molar-refractivity contribution in [2.24, 2.45) is 11.7 Å². The summed E-state index contributed by atoms with van der Waals surface area (Å²) in [6.45, 7) is 1.27. The van der Waals surface area contributed by atoms with Gasteiger partial charge in [-0.05, 0) is 55.8 Å². The number of halogens is 1. The van der Waals surface area contributed by atoms with Crippen molar-refractivity contribution in [3.8, 4) is 0 Å². The Morgan fingerprint density at radius 1 is 1.07 bits per heavy atom. The fraction of sp³-hybridized carbons (Fsp3) is 0.286. The third-order valence-corrected chi connectivity index (χ3v) is 4.82. The zero-order valence-corrected chi connectivity index (χ0v) is 15.9. The lowest BCUT2D eigenvalue weighted by Crippen LogP contribution is -2.44. The number of hydrogen-bond acceptors (Lipinski definition) is 4. The summed E-state index contributed by atoms with van der Waals surface area (Å²) in [6, 6.07) is 12.1. The number of benzene rings is 2. The van der Waals surface area contributed by atoms with E-state index in [1.54, 1.807) is 24.3 Å². The lowest BCUT2D eigenvalue weighted by molar-refractivity contribution is -0.125. The van der Waals surface area contributed by atoms with Gasteiger partial charge in [0.1, 0.15) is 5.82 Å². The van der Waals surface area contributed by atoms with Crippen LogP contribution < -0.4 is 16.4 Å². The maximum absolute atomic E-state index is 13.0.